The van der Waals surface area contributed by atoms with Gasteiger partial charge in [0, 0.05) is 98.1 Å². The third kappa shape index (κ3) is 74.7. The van der Waals surface area contributed by atoms with Crippen LogP contribution in [0.4, 0.5) is 0 Å². The van der Waals surface area contributed by atoms with E-state index in [2.05, 4.69) is 75.7 Å². The first-order valence-electron chi connectivity index (χ1n) is 6.07. The molecular formula is C15H33Y3-3. The molecule has 0 aliphatic rings. The molecule has 0 aromatic rings. The Morgan fingerprint density at radius 2 is 0.944 bits per heavy atom. The van der Waals surface area contributed by atoms with Crippen molar-refractivity contribution in [2.75, 3.05) is 0 Å². The van der Waals surface area contributed by atoms with Gasteiger partial charge >= 0.3 is 0 Å². The average molecular weight is 480 g/mol. The van der Waals surface area contributed by atoms with E-state index in [1.54, 1.807) is 0 Å². The second-order valence-electron chi connectivity index (χ2n) is 5.20. The van der Waals surface area contributed by atoms with E-state index in [0.29, 0.717) is 5.92 Å². The molecule has 105 valence electrons. The van der Waals surface area contributed by atoms with Crippen molar-refractivity contribution in [1.82, 2.24) is 0 Å². The van der Waals surface area contributed by atoms with Gasteiger partial charge in [-0.05, 0) is 0 Å². The molecule has 3 radical (unpaired) electrons. The SMILES string of the molecule is C[C-](C)C(C)C.C[CH-]C(C)C.[CH2-]C(C)C.[Y].[Y].[Y]. The summed E-state index contributed by atoms with van der Waals surface area (Å²) >= 11 is 0. The van der Waals surface area contributed by atoms with Gasteiger partial charge in [0.15, 0.2) is 0 Å². The van der Waals surface area contributed by atoms with Gasteiger partial charge in [-0.2, -0.15) is 38.5 Å². The quantitative estimate of drug-likeness (QED) is 0.453. The van der Waals surface area contributed by atoms with E-state index in [1.165, 1.54) is 5.92 Å². The average Bonchev–Trinajstić information content (AvgIpc) is 2.04. The van der Waals surface area contributed by atoms with Crippen LogP contribution in [0.1, 0.15) is 62.3 Å². The van der Waals surface area contributed by atoms with Crippen LogP contribution >= 0.6 is 0 Å². The molecule has 0 bridgehead atoms. The summed E-state index contributed by atoms with van der Waals surface area (Å²) in [6.07, 6.45) is 2.17. The maximum atomic E-state index is 3.64. The van der Waals surface area contributed by atoms with Crippen LogP contribution in [0.5, 0.6) is 0 Å². The van der Waals surface area contributed by atoms with Gasteiger partial charge in [-0.25, -0.2) is 0 Å². The van der Waals surface area contributed by atoms with Crippen LogP contribution in [0.15, 0.2) is 0 Å². The molecule has 0 aliphatic carbocycles. The monoisotopic (exact) mass is 480 g/mol. The smallest absolute Gasteiger partial charge is 0 e. The maximum absolute atomic E-state index is 3.64. The van der Waals surface area contributed by atoms with Crippen molar-refractivity contribution >= 4 is 0 Å². The Morgan fingerprint density at radius 3 is 0.944 bits per heavy atom. The van der Waals surface area contributed by atoms with E-state index in [0.717, 1.165) is 11.8 Å². The Balaban J connectivity index is -0.0000000282. The van der Waals surface area contributed by atoms with Crippen molar-refractivity contribution in [3.8, 4) is 0 Å². The van der Waals surface area contributed by atoms with Crippen LogP contribution in [0.2, 0.25) is 0 Å². The zero-order valence-electron chi connectivity index (χ0n) is 14.2. The molecule has 0 rings (SSSR count). The van der Waals surface area contributed by atoms with Crippen LogP contribution in [0, 0.1) is 37.0 Å². The van der Waals surface area contributed by atoms with Crippen LogP contribution < -0.4 is 0 Å². The summed E-state index contributed by atoms with van der Waals surface area (Å²) in [7, 11) is 0. The van der Waals surface area contributed by atoms with E-state index >= 15 is 0 Å². The Kier molecular flexibility index (Phi) is 59.3. The fourth-order valence-electron chi connectivity index (χ4n) is 0. The molecule has 0 N–H and O–H groups in total. The molecule has 0 saturated heterocycles. The molecule has 0 fully saturated rings. The Labute approximate surface area is 194 Å². The second-order valence-corrected chi connectivity index (χ2v) is 5.20. The van der Waals surface area contributed by atoms with Gasteiger partial charge in [0.1, 0.15) is 0 Å². The first-order chi connectivity index (χ1) is 6.64. The largest absolute Gasteiger partial charge is 0.341 e. The van der Waals surface area contributed by atoms with Gasteiger partial charge in [0.25, 0.3) is 0 Å². The summed E-state index contributed by atoms with van der Waals surface area (Å²) < 4.78 is 0. The molecular weight excluding hydrogens is 447 g/mol. The third-order valence-electron chi connectivity index (χ3n) is 1.82. The molecule has 0 amide bonds. The molecule has 0 aromatic heterocycles. The first-order valence-corrected chi connectivity index (χ1v) is 6.07. The van der Waals surface area contributed by atoms with Crippen molar-refractivity contribution in [2.24, 2.45) is 17.8 Å². The maximum Gasteiger partial charge on any atom is 0 e. The molecule has 0 heterocycles. The van der Waals surface area contributed by atoms with Crippen molar-refractivity contribution in [3.05, 3.63) is 19.3 Å². The Morgan fingerprint density at radius 1 is 0.833 bits per heavy atom. The molecule has 18 heavy (non-hydrogen) atoms. The second kappa shape index (κ2) is 28.5. The summed E-state index contributed by atoms with van der Waals surface area (Å²) in [6.45, 7) is 22.9. The minimum Gasteiger partial charge on any atom is -0.341 e. The summed E-state index contributed by atoms with van der Waals surface area (Å²) in [4.78, 5) is 0. The molecule has 0 nitrogen and oxygen atoms in total. The molecule has 0 saturated carbocycles. The van der Waals surface area contributed by atoms with Gasteiger partial charge in [0.05, 0.1) is 0 Å². The molecule has 0 spiro atoms. The van der Waals surface area contributed by atoms with Gasteiger partial charge in [0.2, 0.25) is 0 Å². The molecule has 0 aromatic carbocycles. The van der Waals surface area contributed by atoms with Crippen LogP contribution in [0.25, 0.3) is 0 Å². The zero-order chi connectivity index (χ0) is 13.0. The third-order valence-corrected chi connectivity index (χ3v) is 1.82. The van der Waals surface area contributed by atoms with Crippen molar-refractivity contribution in [2.45, 2.75) is 62.3 Å². The van der Waals surface area contributed by atoms with Crippen molar-refractivity contribution < 1.29 is 98.1 Å². The standard InChI is InChI=1S/C6H13.C5H11.C4H9.3Y/c1-5(2)6(3)4;1-4-5(2)3;1-4(2)3;;;/h5H,1-4H3;4-5H,1-3H3;4H,1H2,2-3H3;;;/q3*-1;;;. The van der Waals surface area contributed by atoms with E-state index < -0.39 is 0 Å². The van der Waals surface area contributed by atoms with Gasteiger partial charge in [-0.15, -0.1) is 0 Å². The number of rotatable bonds is 2. The molecule has 0 aliphatic heterocycles. The van der Waals surface area contributed by atoms with Gasteiger partial charge in [-0.1, -0.05) is 41.5 Å². The van der Waals surface area contributed by atoms with Crippen molar-refractivity contribution in [3.63, 3.8) is 0 Å². The molecule has 0 unspecified atom stereocenters. The van der Waals surface area contributed by atoms with Crippen molar-refractivity contribution in [1.29, 1.82) is 0 Å². The summed E-state index contributed by atoms with van der Waals surface area (Å²) in [5.74, 6) is 3.62. The van der Waals surface area contributed by atoms with Crippen LogP contribution in [-0.2, 0) is 98.1 Å². The van der Waals surface area contributed by atoms with E-state index in [-0.39, 0.29) is 98.1 Å². The Hall–Kier alpha value is 3.31. The van der Waals surface area contributed by atoms with Gasteiger partial charge in [-0.3, -0.25) is 0 Å². The normalized spacial score (nSPS) is 8.33. The Bertz CT molecular complexity index is 91.2. The van der Waals surface area contributed by atoms with Gasteiger partial charge < -0.3 is 19.3 Å². The van der Waals surface area contributed by atoms with E-state index in [1.807, 2.05) is 0 Å². The minimum absolute atomic E-state index is 0. The van der Waals surface area contributed by atoms with Crippen LogP contribution in [0.3, 0.4) is 0 Å². The number of hydrogen-bond donors (Lipinski definition) is 0. The summed E-state index contributed by atoms with van der Waals surface area (Å²) in [6, 6.07) is 0. The summed E-state index contributed by atoms with van der Waals surface area (Å²) in [5.41, 5.74) is 0. The fraction of sp³-hybridized carbons (Fsp3) is 0.800. The molecule has 0 atom stereocenters. The van der Waals surface area contributed by atoms with E-state index in [9.17, 15) is 0 Å². The summed E-state index contributed by atoms with van der Waals surface area (Å²) in [5, 5.41) is 0. The fourth-order valence-corrected chi connectivity index (χ4v) is 0. The molecule has 3 heteroatoms. The minimum atomic E-state index is 0. The van der Waals surface area contributed by atoms with Crippen LogP contribution in [-0.4, -0.2) is 0 Å². The topological polar surface area (TPSA) is 0 Å². The first kappa shape index (κ1) is 37.5. The number of hydrogen-bond acceptors (Lipinski definition) is 0. The zero-order valence-corrected chi connectivity index (χ0v) is 22.8. The van der Waals surface area contributed by atoms with E-state index in [4.69, 9.17) is 0 Å². The predicted molar refractivity (Wildman–Crippen MR) is 74.4 cm³/mol. The predicted octanol–water partition coefficient (Wildman–Crippen LogP) is 5.59.